The Balaban J connectivity index is 3.11. The van der Waals surface area contributed by atoms with Crippen LogP contribution in [0.15, 0.2) is 6.07 Å². The van der Waals surface area contributed by atoms with Crippen molar-refractivity contribution < 1.29 is 9.84 Å². The second-order valence-electron chi connectivity index (χ2n) is 3.73. The molecule has 0 saturated heterocycles. The molecular weight excluding hydrogens is 190 g/mol. The maximum absolute atomic E-state index is 9.78. The molecule has 1 rings (SSSR count). The zero-order chi connectivity index (χ0) is 11.4. The molecule has 0 unspecified atom stereocenters. The largest absolute Gasteiger partial charge is 0.504 e. The Bertz CT molecular complexity index is 348. The number of ether oxygens (including phenoxy) is 1. The Morgan fingerprint density at radius 1 is 1.33 bits per heavy atom. The van der Waals surface area contributed by atoms with E-state index in [9.17, 15) is 5.11 Å². The van der Waals surface area contributed by atoms with E-state index in [0.29, 0.717) is 12.3 Å². The van der Waals surface area contributed by atoms with Crippen LogP contribution in [0.5, 0.6) is 11.5 Å². The minimum atomic E-state index is 0.242. The molecule has 0 aromatic heterocycles. The Labute approximate surface area is 90.9 Å². The Hall–Kier alpha value is -1.22. The molecule has 3 nitrogen and oxygen atoms in total. The Morgan fingerprint density at radius 2 is 2.00 bits per heavy atom. The fourth-order valence-corrected chi connectivity index (χ4v) is 1.65. The van der Waals surface area contributed by atoms with Crippen LogP contribution >= 0.6 is 0 Å². The van der Waals surface area contributed by atoms with E-state index in [4.69, 9.17) is 10.5 Å². The monoisotopic (exact) mass is 209 g/mol. The quantitative estimate of drug-likeness (QED) is 0.796. The number of hydrogen-bond acceptors (Lipinski definition) is 3. The van der Waals surface area contributed by atoms with E-state index in [-0.39, 0.29) is 5.75 Å². The summed E-state index contributed by atoms with van der Waals surface area (Å²) >= 11 is 0. The minimum Gasteiger partial charge on any atom is -0.504 e. The molecule has 15 heavy (non-hydrogen) atoms. The van der Waals surface area contributed by atoms with Gasteiger partial charge < -0.3 is 15.6 Å². The number of benzene rings is 1. The Morgan fingerprint density at radius 3 is 2.53 bits per heavy atom. The third-order valence-electron chi connectivity index (χ3n) is 2.81. The standard InChI is InChI=1S/C12H19NO2/c1-8-9(2)12(14)11(15-3)7-10(8)5-4-6-13/h7,14H,4-6,13H2,1-3H3. The SMILES string of the molecule is COc1cc(CCCN)c(C)c(C)c1O. The number of aryl methyl sites for hydroxylation is 1. The van der Waals surface area contributed by atoms with Gasteiger partial charge in [-0.1, -0.05) is 0 Å². The van der Waals surface area contributed by atoms with Crippen LogP contribution in [0.3, 0.4) is 0 Å². The summed E-state index contributed by atoms with van der Waals surface area (Å²) in [6, 6.07) is 1.90. The molecule has 0 heterocycles. The number of hydrogen-bond donors (Lipinski definition) is 2. The fraction of sp³-hybridized carbons (Fsp3) is 0.500. The van der Waals surface area contributed by atoms with E-state index in [2.05, 4.69) is 0 Å². The van der Waals surface area contributed by atoms with Crippen molar-refractivity contribution >= 4 is 0 Å². The van der Waals surface area contributed by atoms with Crippen molar-refractivity contribution in [3.8, 4) is 11.5 Å². The lowest BCUT2D eigenvalue weighted by molar-refractivity contribution is 0.370. The van der Waals surface area contributed by atoms with Crippen molar-refractivity contribution in [3.63, 3.8) is 0 Å². The van der Waals surface area contributed by atoms with E-state index in [1.165, 1.54) is 5.56 Å². The number of phenols is 1. The molecule has 0 bridgehead atoms. The number of aromatic hydroxyl groups is 1. The highest BCUT2D eigenvalue weighted by Crippen LogP contribution is 2.34. The highest BCUT2D eigenvalue weighted by molar-refractivity contribution is 5.52. The number of methoxy groups -OCH3 is 1. The zero-order valence-electron chi connectivity index (χ0n) is 9.63. The number of phenolic OH excluding ortho intramolecular Hbond substituents is 1. The van der Waals surface area contributed by atoms with Gasteiger partial charge in [0, 0.05) is 0 Å². The van der Waals surface area contributed by atoms with Gasteiger partial charge in [-0.25, -0.2) is 0 Å². The second-order valence-corrected chi connectivity index (χ2v) is 3.73. The molecular formula is C12H19NO2. The summed E-state index contributed by atoms with van der Waals surface area (Å²) in [6.45, 7) is 4.60. The van der Waals surface area contributed by atoms with Gasteiger partial charge in [0.2, 0.25) is 0 Å². The topological polar surface area (TPSA) is 55.5 Å². The van der Waals surface area contributed by atoms with Gasteiger partial charge in [0.05, 0.1) is 7.11 Å². The smallest absolute Gasteiger partial charge is 0.161 e. The number of nitrogens with two attached hydrogens (primary N) is 1. The summed E-state index contributed by atoms with van der Waals surface area (Å²) in [5.41, 5.74) is 8.70. The summed E-state index contributed by atoms with van der Waals surface area (Å²) < 4.78 is 5.12. The van der Waals surface area contributed by atoms with Crippen molar-refractivity contribution in [2.24, 2.45) is 5.73 Å². The average Bonchev–Trinajstić information content (AvgIpc) is 2.25. The van der Waals surface area contributed by atoms with Gasteiger partial charge >= 0.3 is 0 Å². The highest BCUT2D eigenvalue weighted by atomic mass is 16.5. The predicted molar refractivity (Wildman–Crippen MR) is 61.5 cm³/mol. The van der Waals surface area contributed by atoms with E-state index >= 15 is 0 Å². The summed E-state index contributed by atoms with van der Waals surface area (Å²) in [7, 11) is 1.57. The summed E-state index contributed by atoms with van der Waals surface area (Å²) in [5, 5.41) is 9.78. The van der Waals surface area contributed by atoms with Crippen LogP contribution in [0.2, 0.25) is 0 Å². The summed E-state index contributed by atoms with van der Waals surface area (Å²) in [4.78, 5) is 0. The normalized spacial score (nSPS) is 10.4. The first kappa shape index (κ1) is 11.9. The van der Waals surface area contributed by atoms with Gasteiger partial charge in [-0.05, 0) is 56.0 Å². The molecule has 0 aliphatic carbocycles. The molecule has 0 aliphatic heterocycles. The third kappa shape index (κ3) is 2.42. The van der Waals surface area contributed by atoms with Crippen molar-refractivity contribution in [2.45, 2.75) is 26.7 Å². The van der Waals surface area contributed by atoms with Crippen LogP contribution in [0.4, 0.5) is 0 Å². The van der Waals surface area contributed by atoms with Crippen LogP contribution in [0.25, 0.3) is 0 Å². The molecule has 1 aromatic carbocycles. The van der Waals surface area contributed by atoms with Crippen molar-refractivity contribution in [1.29, 1.82) is 0 Å². The second kappa shape index (κ2) is 5.03. The molecule has 0 spiro atoms. The number of rotatable bonds is 4. The van der Waals surface area contributed by atoms with Crippen molar-refractivity contribution in [3.05, 3.63) is 22.8 Å². The van der Waals surface area contributed by atoms with Crippen molar-refractivity contribution in [1.82, 2.24) is 0 Å². The van der Waals surface area contributed by atoms with E-state index in [1.807, 2.05) is 19.9 Å². The molecule has 84 valence electrons. The van der Waals surface area contributed by atoms with Gasteiger partial charge in [-0.3, -0.25) is 0 Å². The van der Waals surface area contributed by atoms with Crippen LogP contribution in [0.1, 0.15) is 23.1 Å². The maximum Gasteiger partial charge on any atom is 0.161 e. The van der Waals surface area contributed by atoms with Crippen LogP contribution in [0, 0.1) is 13.8 Å². The molecule has 0 fully saturated rings. The van der Waals surface area contributed by atoms with Gasteiger partial charge in [-0.2, -0.15) is 0 Å². The summed E-state index contributed by atoms with van der Waals surface area (Å²) in [5.74, 6) is 0.789. The first-order valence-corrected chi connectivity index (χ1v) is 5.18. The molecule has 0 amide bonds. The Kier molecular flexibility index (Phi) is 3.97. The zero-order valence-corrected chi connectivity index (χ0v) is 9.63. The maximum atomic E-state index is 9.78. The molecule has 0 radical (unpaired) electrons. The summed E-state index contributed by atoms with van der Waals surface area (Å²) in [6.07, 6.45) is 1.88. The molecule has 1 aromatic rings. The minimum absolute atomic E-state index is 0.242. The fourth-order valence-electron chi connectivity index (χ4n) is 1.65. The average molecular weight is 209 g/mol. The molecule has 3 N–H and O–H groups in total. The van der Waals surface area contributed by atoms with Crippen LogP contribution in [-0.4, -0.2) is 18.8 Å². The van der Waals surface area contributed by atoms with E-state index in [1.54, 1.807) is 7.11 Å². The van der Waals surface area contributed by atoms with E-state index < -0.39 is 0 Å². The molecule has 3 heteroatoms. The molecule has 0 saturated carbocycles. The first-order valence-electron chi connectivity index (χ1n) is 5.18. The van der Waals surface area contributed by atoms with Gasteiger partial charge in [0.15, 0.2) is 11.5 Å². The third-order valence-corrected chi connectivity index (χ3v) is 2.81. The van der Waals surface area contributed by atoms with Gasteiger partial charge in [-0.15, -0.1) is 0 Å². The van der Waals surface area contributed by atoms with Crippen molar-refractivity contribution in [2.75, 3.05) is 13.7 Å². The van der Waals surface area contributed by atoms with Crippen LogP contribution in [-0.2, 0) is 6.42 Å². The van der Waals surface area contributed by atoms with E-state index in [0.717, 1.165) is 24.0 Å². The molecule has 0 atom stereocenters. The lowest BCUT2D eigenvalue weighted by atomic mass is 9.98. The van der Waals surface area contributed by atoms with Gasteiger partial charge in [0.1, 0.15) is 0 Å². The molecule has 0 aliphatic rings. The van der Waals surface area contributed by atoms with Gasteiger partial charge in [0.25, 0.3) is 0 Å². The highest BCUT2D eigenvalue weighted by Gasteiger charge is 2.11. The lowest BCUT2D eigenvalue weighted by Gasteiger charge is -2.13. The van der Waals surface area contributed by atoms with Crippen LogP contribution < -0.4 is 10.5 Å². The lowest BCUT2D eigenvalue weighted by Crippen LogP contribution is -2.02. The predicted octanol–water partition coefficient (Wildman–Crippen LogP) is 1.91. The first-order chi connectivity index (χ1) is 7.11.